The molecular weight excluding hydrogens is 300 g/mol. The monoisotopic (exact) mass is 318 g/mol. The third kappa shape index (κ3) is 4.53. The van der Waals surface area contributed by atoms with Gasteiger partial charge in [-0.3, -0.25) is 30.0 Å². The van der Waals surface area contributed by atoms with Gasteiger partial charge in [0.1, 0.15) is 0 Å². The number of amides is 4. The molecule has 23 heavy (non-hydrogen) atoms. The van der Waals surface area contributed by atoms with Crippen molar-refractivity contribution in [3.05, 3.63) is 29.8 Å². The molecular formula is C15H18N4O4. The fraction of sp³-hybridized carbons (Fsp3) is 0.333. The highest BCUT2D eigenvalue weighted by Gasteiger charge is 2.21. The van der Waals surface area contributed by atoms with Crippen LogP contribution >= 0.6 is 0 Å². The van der Waals surface area contributed by atoms with Crippen molar-refractivity contribution in [3.63, 3.8) is 0 Å². The van der Waals surface area contributed by atoms with Gasteiger partial charge in [-0.25, -0.2) is 0 Å². The number of anilines is 1. The first-order valence-electron chi connectivity index (χ1n) is 7.21. The molecule has 0 aliphatic carbocycles. The number of hydrogen-bond donors (Lipinski definition) is 3. The van der Waals surface area contributed by atoms with Crippen molar-refractivity contribution < 1.29 is 19.2 Å². The zero-order valence-electron chi connectivity index (χ0n) is 12.7. The Morgan fingerprint density at radius 2 is 1.83 bits per heavy atom. The molecule has 1 aromatic rings. The Morgan fingerprint density at radius 1 is 1.13 bits per heavy atom. The Labute approximate surface area is 133 Å². The van der Waals surface area contributed by atoms with Gasteiger partial charge in [-0.1, -0.05) is 0 Å². The number of carbonyl (C=O) groups excluding carboxylic acids is 4. The second-order valence-corrected chi connectivity index (χ2v) is 5.11. The lowest BCUT2D eigenvalue weighted by Crippen LogP contribution is -2.45. The van der Waals surface area contributed by atoms with Crippen LogP contribution in [0.3, 0.4) is 0 Å². The summed E-state index contributed by atoms with van der Waals surface area (Å²) >= 11 is 0. The van der Waals surface area contributed by atoms with Gasteiger partial charge in [0, 0.05) is 31.1 Å². The third-order valence-electron chi connectivity index (χ3n) is 3.30. The van der Waals surface area contributed by atoms with Crippen LogP contribution in [0.2, 0.25) is 0 Å². The van der Waals surface area contributed by atoms with Crippen LogP contribution < -0.4 is 21.1 Å². The van der Waals surface area contributed by atoms with Gasteiger partial charge in [-0.05, 0) is 30.7 Å². The lowest BCUT2D eigenvalue weighted by Gasteiger charge is -2.15. The van der Waals surface area contributed by atoms with E-state index in [4.69, 9.17) is 0 Å². The summed E-state index contributed by atoms with van der Waals surface area (Å²) in [7, 11) is 0. The number of nitrogens with zero attached hydrogens (tertiary/aromatic N) is 1. The van der Waals surface area contributed by atoms with Crippen molar-refractivity contribution in [2.45, 2.75) is 19.8 Å². The minimum Gasteiger partial charge on any atom is -0.343 e. The first-order chi connectivity index (χ1) is 11.0. The predicted octanol–water partition coefficient (Wildman–Crippen LogP) is -0.289. The standard InChI is InChI=1S/C15H18N4O4/c1-10(20)17-18-13(21)9-16-15(23)11-4-6-12(7-5-11)19-8-2-3-14(19)22/h4-7H,2-3,8-9H2,1H3,(H,16,23)(H,17,20)(H,18,21). The molecule has 122 valence electrons. The first-order valence-corrected chi connectivity index (χ1v) is 7.21. The van der Waals surface area contributed by atoms with Gasteiger partial charge in [-0.2, -0.15) is 0 Å². The van der Waals surface area contributed by atoms with Crippen molar-refractivity contribution in [3.8, 4) is 0 Å². The minimum atomic E-state index is -0.534. The zero-order valence-corrected chi connectivity index (χ0v) is 12.7. The second kappa shape index (κ2) is 7.39. The maximum atomic E-state index is 11.9. The van der Waals surface area contributed by atoms with Crippen LogP contribution in [0, 0.1) is 0 Å². The van der Waals surface area contributed by atoms with Crippen LogP contribution in [-0.4, -0.2) is 36.7 Å². The molecule has 0 spiro atoms. The fourth-order valence-corrected chi connectivity index (χ4v) is 2.18. The average Bonchev–Trinajstić information content (AvgIpc) is 2.96. The zero-order chi connectivity index (χ0) is 16.8. The van der Waals surface area contributed by atoms with Crippen molar-refractivity contribution in [2.75, 3.05) is 18.0 Å². The molecule has 1 saturated heterocycles. The lowest BCUT2D eigenvalue weighted by molar-refractivity contribution is -0.127. The molecule has 0 radical (unpaired) electrons. The summed E-state index contributed by atoms with van der Waals surface area (Å²) in [6, 6.07) is 6.61. The van der Waals surface area contributed by atoms with Gasteiger partial charge in [0.05, 0.1) is 6.54 Å². The summed E-state index contributed by atoms with van der Waals surface area (Å²) in [6.45, 7) is 1.69. The van der Waals surface area contributed by atoms with Crippen molar-refractivity contribution in [1.29, 1.82) is 0 Å². The number of carbonyl (C=O) groups is 4. The number of nitrogens with one attached hydrogen (secondary N) is 3. The predicted molar refractivity (Wildman–Crippen MR) is 82.3 cm³/mol. The molecule has 8 nitrogen and oxygen atoms in total. The maximum Gasteiger partial charge on any atom is 0.257 e. The van der Waals surface area contributed by atoms with E-state index in [9.17, 15) is 19.2 Å². The highest BCUT2D eigenvalue weighted by atomic mass is 16.2. The minimum absolute atomic E-state index is 0.0804. The molecule has 2 rings (SSSR count). The van der Waals surface area contributed by atoms with E-state index in [1.54, 1.807) is 29.2 Å². The van der Waals surface area contributed by atoms with E-state index in [0.717, 1.165) is 12.1 Å². The van der Waals surface area contributed by atoms with E-state index in [2.05, 4.69) is 16.2 Å². The Hall–Kier alpha value is -2.90. The van der Waals surface area contributed by atoms with Crippen LogP contribution in [0.5, 0.6) is 0 Å². The smallest absolute Gasteiger partial charge is 0.257 e. The van der Waals surface area contributed by atoms with Crippen molar-refractivity contribution in [1.82, 2.24) is 16.2 Å². The van der Waals surface area contributed by atoms with E-state index < -0.39 is 17.7 Å². The lowest BCUT2D eigenvalue weighted by atomic mass is 10.2. The molecule has 0 bridgehead atoms. The molecule has 0 atom stereocenters. The molecule has 0 saturated carbocycles. The van der Waals surface area contributed by atoms with Crippen molar-refractivity contribution in [2.24, 2.45) is 0 Å². The second-order valence-electron chi connectivity index (χ2n) is 5.11. The molecule has 1 fully saturated rings. The van der Waals surface area contributed by atoms with Gasteiger partial charge in [0.15, 0.2) is 0 Å². The van der Waals surface area contributed by atoms with Crippen LogP contribution in [-0.2, 0) is 14.4 Å². The third-order valence-corrected chi connectivity index (χ3v) is 3.30. The molecule has 1 heterocycles. The number of rotatable bonds is 4. The number of hydrazine groups is 1. The topological polar surface area (TPSA) is 108 Å². The molecule has 0 unspecified atom stereocenters. The highest BCUT2D eigenvalue weighted by molar-refractivity contribution is 5.98. The SMILES string of the molecule is CC(=O)NNC(=O)CNC(=O)c1ccc(N2CCCC2=O)cc1. The van der Waals surface area contributed by atoms with Gasteiger partial charge >= 0.3 is 0 Å². The molecule has 1 aliphatic heterocycles. The van der Waals surface area contributed by atoms with E-state index >= 15 is 0 Å². The Morgan fingerprint density at radius 3 is 2.39 bits per heavy atom. The normalized spacial score (nSPS) is 13.6. The van der Waals surface area contributed by atoms with E-state index in [1.807, 2.05) is 0 Å². The number of benzene rings is 1. The Balaban J connectivity index is 1.86. The van der Waals surface area contributed by atoms with Gasteiger partial charge in [0.25, 0.3) is 11.8 Å². The van der Waals surface area contributed by atoms with Crippen LogP contribution in [0.4, 0.5) is 5.69 Å². The van der Waals surface area contributed by atoms with Crippen molar-refractivity contribution >= 4 is 29.3 Å². The van der Waals surface area contributed by atoms with Crippen LogP contribution in [0.1, 0.15) is 30.1 Å². The summed E-state index contributed by atoms with van der Waals surface area (Å²) in [5.74, 6) is -1.27. The maximum absolute atomic E-state index is 11.9. The van der Waals surface area contributed by atoms with Gasteiger partial charge in [-0.15, -0.1) is 0 Å². The van der Waals surface area contributed by atoms with E-state index in [0.29, 0.717) is 18.5 Å². The van der Waals surface area contributed by atoms with Crippen LogP contribution in [0.15, 0.2) is 24.3 Å². The molecule has 3 N–H and O–H groups in total. The molecule has 1 aliphatic rings. The molecule has 4 amide bonds. The van der Waals surface area contributed by atoms with Gasteiger partial charge in [0.2, 0.25) is 11.8 Å². The summed E-state index contributed by atoms with van der Waals surface area (Å²) < 4.78 is 0. The highest BCUT2D eigenvalue weighted by Crippen LogP contribution is 2.21. The van der Waals surface area contributed by atoms with Crippen LogP contribution in [0.25, 0.3) is 0 Å². The number of hydrogen-bond acceptors (Lipinski definition) is 4. The largest absolute Gasteiger partial charge is 0.343 e. The van der Waals surface area contributed by atoms with E-state index in [1.165, 1.54) is 6.92 Å². The molecule has 1 aromatic carbocycles. The summed E-state index contributed by atoms with van der Waals surface area (Å²) in [6.07, 6.45) is 1.39. The summed E-state index contributed by atoms with van der Waals surface area (Å²) in [5, 5.41) is 2.44. The summed E-state index contributed by atoms with van der Waals surface area (Å²) in [5.41, 5.74) is 5.41. The Bertz CT molecular complexity index is 627. The van der Waals surface area contributed by atoms with Gasteiger partial charge < -0.3 is 10.2 Å². The summed E-state index contributed by atoms with van der Waals surface area (Å²) in [4.78, 5) is 47.3. The average molecular weight is 318 g/mol. The van der Waals surface area contributed by atoms with E-state index in [-0.39, 0.29) is 12.5 Å². The molecule has 0 aromatic heterocycles. The Kier molecular flexibility index (Phi) is 5.29. The fourth-order valence-electron chi connectivity index (χ4n) is 2.18. The first kappa shape index (κ1) is 16.5. The molecule has 8 heteroatoms. The quantitative estimate of drug-likeness (QED) is 0.663.